The van der Waals surface area contributed by atoms with Gasteiger partial charge < -0.3 is 15.6 Å². The molecule has 0 heterocycles. The van der Waals surface area contributed by atoms with Gasteiger partial charge in [0.1, 0.15) is 11.4 Å². The van der Waals surface area contributed by atoms with Gasteiger partial charge in [-0.15, -0.1) is 0 Å². The van der Waals surface area contributed by atoms with E-state index < -0.39 is 11.7 Å². The third-order valence-electron chi connectivity index (χ3n) is 2.65. The summed E-state index contributed by atoms with van der Waals surface area (Å²) in [5.74, 6) is 0.0427. The van der Waals surface area contributed by atoms with Gasteiger partial charge in [0.2, 0.25) is 0 Å². The summed E-state index contributed by atoms with van der Waals surface area (Å²) in [7, 11) is 0. The lowest BCUT2D eigenvalue weighted by atomic mass is 10.1. The lowest BCUT2D eigenvalue weighted by molar-refractivity contribution is 0.0635. The number of carbonyl (C=O) groups is 1. The van der Waals surface area contributed by atoms with E-state index in [0.717, 1.165) is 24.8 Å². The van der Waals surface area contributed by atoms with Crippen molar-refractivity contribution in [2.75, 3.05) is 11.9 Å². The second-order valence-corrected chi connectivity index (χ2v) is 5.68. The van der Waals surface area contributed by atoms with Crippen LogP contribution < -0.4 is 11.1 Å². The van der Waals surface area contributed by atoms with Crippen LogP contribution in [0.25, 0.3) is 0 Å². The number of para-hydroxylation sites is 1. The van der Waals surface area contributed by atoms with Gasteiger partial charge in [-0.1, -0.05) is 12.1 Å². The molecule has 0 aliphatic rings. The summed E-state index contributed by atoms with van der Waals surface area (Å²) < 4.78 is 5.20. The molecule has 0 unspecified atom stereocenters. The molecule has 0 saturated carbocycles. The fraction of sp³-hybridized carbons (Fsp3) is 0.533. The number of anilines is 1. The van der Waals surface area contributed by atoms with Crippen molar-refractivity contribution in [3.05, 3.63) is 23.8 Å². The molecule has 1 aromatic rings. The van der Waals surface area contributed by atoms with Crippen LogP contribution in [0.5, 0.6) is 5.75 Å². The lowest BCUT2D eigenvalue weighted by Gasteiger charge is -2.21. The standard InChI is InChI=1S/C15H24N2O3/c1-15(2,3)20-14(19)17-13-11(7-4-5-10-16)8-6-9-12(13)18/h6,8-9,18H,4-5,7,10,16H2,1-3H3,(H,17,19). The number of hydrogen-bond donors (Lipinski definition) is 3. The molecule has 0 saturated heterocycles. The van der Waals surface area contributed by atoms with Gasteiger partial charge in [0.05, 0.1) is 5.69 Å². The number of aromatic hydroxyl groups is 1. The number of nitrogens with one attached hydrogen (secondary N) is 1. The number of amides is 1. The molecule has 0 radical (unpaired) electrons. The van der Waals surface area contributed by atoms with Crippen LogP contribution in [0.4, 0.5) is 10.5 Å². The molecule has 5 heteroatoms. The Morgan fingerprint density at radius 3 is 2.65 bits per heavy atom. The Morgan fingerprint density at radius 1 is 1.35 bits per heavy atom. The number of benzene rings is 1. The second-order valence-electron chi connectivity index (χ2n) is 5.68. The zero-order valence-electron chi connectivity index (χ0n) is 12.4. The van der Waals surface area contributed by atoms with Crippen molar-refractivity contribution in [3.63, 3.8) is 0 Å². The number of ether oxygens (including phenoxy) is 1. The topological polar surface area (TPSA) is 84.6 Å². The van der Waals surface area contributed by atoms with Crippen LogP contribution in [0.3, 0.4) is 0 Å². The van der Waals surface area contributed by atoms with Crippen molar-refractivity contribution in [2.24, 2.45) is 5.73 Å². The van der Waals surface area contributed by atoms with Gasteiger partial charge in [-0.25, -0.2) is 4.79 Å². The average molecular weight is 280 g/mol. The van der Waals surface area contributed by atoms with Crippen LogP contribution in [0.15, 0.2) is 18.2 Å². The smallest absolute Gasteiger partial charge is 0.412 e. The Kier molecular flexibility index (Phi) is 5.82. The molecule has 0 atom stereocenters. The molecular formula is C15H24N2O3. The Morgan fingerprint density at radius 2 is 2.05 bits per heavy atom. The van der Waals surface area contributed by atoms with Gasteiger partial charge >= 0.3 is 6.09 Å². The van der Waals surface area contributed by atoms with Crippen molar-refractivity contribution in [2.45, 2.75) is 45.6 Å². The summed E-state index contributed by atoms with van der Waals surface area (Å²) in [5.41, 5.74) is 6.19. The molecule has 20 heavy (non-hydrogen) atoms. The van der Waals surface area contributed by atoms with Crippen molar-refractivity contribution < 1.29 is 14.6 Å². The van der Waals surface area contributed by atoms with Gasteiger partial charge in [0.15, 0.2) is 0 Å². The quantitative estimate of drug-likeness (QED) is 0.571. The molecule has 5 nitrogen and oxygen atoms in total. The Balaban J connectivity index is 2.79. The van der Waals surface area contributed by atoms with E-state index in [2.05, 4.69) is 5.32 Å². The van der Waals surface area contributed by atoms with E-state index in [4.69, 9.17) is 10.5 Å². The van der Waals surface area contributed by atoms with E-state index in [-0.39, 0.29) is 5.75 Å². The summed E-state index contributed by atoms with van der Waals surface area (Å²) in [6, 6.07) is 5.18. The van der Waals surface area contributed by atoms with Gasteiger partial charge in [0, 0.05) is 0 Å². The minimum Gasteiger partial charge on any atom is -0.506 e. The number of carbonyl (C=O) groups excluding carboxylic acids is 1. The third-order valence-corrected chi connectivity index (χ3v) is 2.65. The highest BCUT2D eigenvalue weighted by Gasteiger charge is 2.18. The number of nitrogens with two attached hydrogens (primary N) is 1. The summed E-state index contributed by atoms with van der Waals surface area (Å²) >= 11 is 0. The minimum absolute atomic E-state index is 0.0427. The van der Waals surface area contributed by atoms with E-state index in [9.17, 15) is 9.90 Å². The van der Waals surface area contributed by atoms with E-state index >= 15 is 0 Å². The molecule has 112 valence electrons. The first-order chi connectivity index (χ1) is 9.33. The summed E-state index contributed by atoms with van der Waals surface area (Å²) in [4.78, 5) is 11.8. The molecule has 0 aliphatic carbocycles. The van der Waals surface area contributed by atoms with Gasteiger partial charge in [-0.2, -0.15) is 0 Å². The number of rotatable bonds is 5. The van der Waals surface area contributed by atoms with E-state index in [1.807, 2.05) is 6.07 Å². The minimum atomic E-state index is -0.575. The average Bonchev–Trinajstić information content (AvgIpc) is 2.31. The Labute approximate surface area is 120 Å². The molecule has 0 bridgehead atoms. The zero-order chi connectivity index (χ0) is 15.2. The highest BCUT2D eigenvalue weighted by Crippen LogP contribution is 2.29. The first kappa shape index (κ1) is 16.3. The number of aryl methyl sites for hydroxylation is 1. The molecular weight excluding hydrogens is 256 g/mol. The lowest BCUT2D eigenvalue weighted by Crippen LogP contribution is -2.27. The molecule has 4 N–H and O–H groups in total. The fourth-order valence-corrected chi connectivity index (χ4v) is 1.80. The molecule has 0 aromatic heterocycles. The van der Waals surface area contributed by atoms with Crippen LogP contribution in [0.1, 0.15) is 39.2 Å². The fourth-order valence-electron chi connectivity index (χ4n) is 1.80. The van der Waals surface area contributed by atoms with Crippen LogP contribution in [-0.4, -0.2) is 23.3 Å². The predicted molar refractivity (Wildman–Crippen MR) is 80.0 cm³/mol. The highest BCUT2D eigenvalue weighted by molar-refractivity contribution is 5.88. The van der Waals surface area contributed by atoms with Crippen LogP contribution in [0, 0.1) is 0 Å². The maximum absolute atomic E-state index is 11.8. The molecule has 0 aliphatic heterocycles. The largest absolute Gasteiger partial charge is 0.506 e. The second kappa shape index (κ2) is 7.14. The summed E-state index contributed by atoms with van der Waals surface area (Å²) in [6.45, 7) is 6.01. The predicted octanol–water partition coefficient (Wildman–Crippen LogP) is 3.02. The number of phenolic OH excluding ortho intramolecular Hbond substituents is 1. The van der Waals surface area contributed by atoms with E-state index in [0.29, 0.717) is 12.2 Å². The monoisotopic (exact) mass is 280 g/mol. The molecule has 0 fully saturated rings. The number of hydrogen-bond acceptors (Lipinski definition) is 4. The maximum atomic E-state index is 11.8. The van der Waals surface area contributed by atoms with Crippen molar-refractivity contribution in [1.82, 2.24) is 0 Å². The maximum Gasteiger partial charge on any atom is 0.412 e. The van der Waals surface area contributed by atoms with E-state index in [1.165, 1.54) is 0 Å². The van der Waals surface area contributed by atoms with Gasteiger partial charge in [-0.3, -0.25) is 5.32 Å². The SMILES string of the molecule is CC(C)(C)OC(=O)Nc1c(O)cccc1CCCCN. The molecule has 0 spiro atoms. The third kappa shape index (κ3) is 5.48. The molecule has 1 aromatic carbocycles. The first-order valence-corrected chi connectivity index (χ1v) is 6.84. The van der Waals surface area contributed by atoms with E-state index in [1.54, 1.807) is 32.9 Å². The van der Waals surface area contributed by atoms with Crippen LogP contribution in [0.2, 0.25) is 0 Å². The first-order valence-electron chi connectivity index (χ1n) is 6.84. The molecule has 1 rings (SSSR count). The highest BCUT2D eigenvalue weighted by atomic mass is 16.6. The number of phenols is 1. The Bertz CT molecular complexity index is 453. The van der Waals surface area contributed by atoms with Crippen LogP contribution >= 0.6 is 0 Å². The Hall–Kier alpha value is -1.75. The van der Waals surface area contributed by atoms with Crippen molar-refractivity contribution >= 4 is 11.8 Å². The van der Waals surface area contributed by atoms with Crippen molar-refractivity contribution in [1.29, 1.82) is 0 Å². The number of unbranched alkanes of at least 4 members (excludes halogenated alkanes) is 1. The van der Waals surface area contributed by atoms with Gasteiger partial charge in [0.25, 0.3) is 0 Å². The molecule has 1 amide bonds. The van der Waals surface area contributed by atoms with Crippen LogP contribution in [-0.2, 0) is 11.2 Å². The normalized spacial score (nSPS) is 11.2. The summed E-state index contributed by atoms with van der Waals surface area (Å²) in [5, 5.41) is 12.5. The van der Waals surface area contributed by atoms with Crippen molar-refractivity contribution in [3.8, 4) is 5.75 Å². The summed E-state index contributed by atoms with van der Waals surface area (Å²) in [6.07, 6.45) is 1.99. The van der Waals surface area contributed by atoms with Gasteiger partial charge in [-0.05, 0) is 58.2 Å². The zero-order valence-corrected chi connectivity index (χ0v) is 12.4.